The molecule has 0 aliphatic rings. The maximum Gasteiger partial charge on any atom is 0.278 e. The van der Waals surface area contributed by atoms with Crippen molar-refractivity contribution in [3.63, 3.8) is 0 Å². The Hall–Kier alpha value is -2.26. The Morgan fingerprint density at radius 2 is 2.25 bits per heavy atom. The average molecular weight is 284 g/mol. The van der Waals surface area contributed by atoms with Crippen LogP contribution in [0, 0.1) is 11.3 Å². The van der Waals surface area contributed by atoms with Crippen LogP contribution in [0.3, 0.4) is 0 Å². The molecule has 0 atom stereocenters. The van der Waals surface area contributed by atoms with E-state index in [1.165, 1.54) is 11.8 Å². The Morgan fingerprint density at radius 3 is 3.00 bits per heavy atom. The minimum Gasteiger partial charge on any atom is -0.349 e. The highest BCUT2D eigenvalue weighted by Crippen LogP contribution is 2.24. The van der Waals surface area contributed by atoms with Gasteiger partial charge in [0, 0.05) is 17.4 Å². The molecular formula is C14H12N4OS. The summed E-state index contributed by atoms with van der Waals surface area (Å²) in [4.78, 5) is 20.2. The van der Waals surface area contributed by atoms with Crippen molar-refractivity contribution >= 4 is 33.7 Å². The number of hydrogen-bond donors (Lipinski definition) is 1. The zero-order chi connectivity index (χ0) is 14.1. The number of nitrogens with zero attached hydrogens (tertiary/aromatic N) is 3. The van der Waals surface area contributed by atoms with Gasteiger partial charge in [0.15, 0.2) is 5.16 Å². The summed E-state index contributed by atoms with van der Waals surface area (Å²) in [6.45, 7) is 2.43. The second-order valence-electron chi connectivity index (χ2n) is 4.28. The third kappa shape index (κ3) is 1.87. The number of nitriles is 1. The van der Waals surface area contributed by atoms with Gasteiger partial charge >= 0.3 is 0 Å². The number of aromatic nitrogens is 3. The molecule has 0 fully saturated rings. The Labute approximate surface area is 119 Å². The molecule has 0 aliphatic heterocycles. The van der Waals surface area contributed by atoms with Crippen molar-refractivity contribution in [1.29, 1.82) is 5.26 Å². The zero-order valence-corrected chi connectivity index (χ0v) is 11.7. The molecule has 100 valence electrons. The van der Waals surface area contributed by atoms with Crippen LogP contribution in [0.15, 0.2) is 34.2 Å². The van der Waals surface area contributed by atoms with Crippen molar-refractivity contribution in [3.8, 4) is 6.07 Å². The summed E-state index contributed by atoms with van der Waals surface area (Å²) in [6, 6.07) is 9.77. The number of rotatable bonds is 3. The summed E-state index contributed by atoms with van der Waals surface area (Å²) in [6.07, 6.45) is 0. The third-order valence-corrected chi connectivity index (χ3v) is 4.00. The van der Waals surface area contributed by atoms with Crippen LogP contribution in [-0.2, 0) is 6.54 Å². The molecule has 3 aromatic rings. The smallest absolute Gasteiger partial charge is 0.278 e. The van der Waals surface area contributed by atoms with Crippen molar-refractivity contribution in [2.45, 2.75) is 18.6 Å². The van der Waals surface area contributed by atoms with Crippen LogP contribution in [0.5, 0.6) is 0 Å². The van der Waals surface area contributed by atoms with E-state index < -0.39 is 0 Å². The van der Waals surface area contributed by atoms with E-state index in [1.807, 2.05) is 31.2 Å². The summed E-state index contributed by atoms with van der Waals surface area (Å²) in [5.74, 6) is 0.278. The second-order valence-corrected chi connectivity index (χ2v) is 5.23. The van der Waals surface area contributed by atoms with E-state index in [4.69, 9.17) is 5.26 Å². The lowest BCUT2D eigenvalue weighted by atomic mass is 10.2. The lowest BCUT2D eigenvalue weighted by molar-refractivity contribution is 0.634. The second kappa shape index (κ2) is 5.02. The number of nitrogens with one attached hydrogen (secondary N) is 1. The lowest BCUT2D eigenvalue weighted by Gasteiger charge is -2.07. The average Bonchev–Trinajstić information content (AvgIpc) is 2.84. The minimum atomic E-state index is -0.0888. The van der Waals surface area contributed by atoms with Gasteiger partial charge in [0.1, 0.15) is 11.0 Å². The fraction of sp³-hybridized carbons (Fsp3) is 0.214. The summed E-state index contributed by atoms with van der Waals surface area (Å²) >= 11 is 1.29. The van der Waals surface area contributed by atoms with Gasteiger partial charge in [0.05, 0.1) is 11.8 Å². The maximum absolute atomic E-state index is 12.5. The summed E-state index contributed by atoms with van der Waals surface area (Å²) in [5.41, 5.74) is 2.01. The molecule has 6 heteroatoms. The van der Waals surface area contributed by atoms with Gasteiger partial charge in [0.2, 0.25) is 0 Å². The van der Waals surface area contributed by atoms with Crippen LogP contribution in [0.25, 0.3) is 21.9 Å². The zero-order valence-electron chi connectivity index (χ0n) is 10.9. The molecule has 2 aromatic heterocycles. The molecule has 1 aromatic carbocycles. The maximum atomic E-state index is 12.5. The highest BCUT2D eigenvalue weighted by atomic mass is 32.2. The van der Waals surface area contributed by atoms with Gasteiger partial charge in [-0.1, -0.05) is 30.0 Å². The molecule has 0 amide bonds. The molecule has 0 saturated carbocycles. The SMILES string of the molecule is CCn1c(SCC#N)nc2c([nH]c3ccccc32)c1=O. The highest BCUT2D eigenvalue weighted by molar-refractivity contribution is 7.99. The summed E-state index contributed by atoms with van der Waals surface area (Å²) in [5, 5.41) is 10.2. The van der Waals surface area contributed by atoms with Crippen molar-refractivity contribution < 1.29 is 0 Å². The summed E-state index contributed by atoms with van der Waals surface area (Å²) < 4.78 is 1.60. The van der Waals surface area contributed by atoms with E-state index in [0.717, 1.165) is 10.9 Å². The van der Waals surface area contributed by atoms with E-state index >= 15 is 0 Å². The van der Waals surface area contributed by atoms with Crippen LogP contribution in [-0.4, -0.2) is 20.3 Å². The van der Waals surface area contributed by atoms with Crippen molar-refractivity contribution in [3.05, 3.63) is 34.6 Å². The molecule has 3 rings (SSSR count). The predicted molar refractivity (Wildman–Crippen MR) is 79.9 cm³/mol. The number of hydrogen-bond acceptors (Lipinski definition) is 4. The van der Waals surface area contributed by atoms with Crippen molar-refractivity contribution in [1.82, 2.24) is 14.5 Å². The monoisotopic (exact) mass is 284 g/mol. The highest BCUT2D eigenvalue weighted by Gasteiger charge is 2.14. The van der Waals surface area contributed by atoms with E-state index in [1.54, 1.807) is 4.57 Å². The van der Waals surface area contributed by atoms with E-state index in [0.29, 0.717) is 22.7 Å². The van der Waals surface area contributed by atoms with Gasteiger partial charge in [-0.2, -0.15) is 5.26 Å². The van der Waals surface area contributed by atoms with Crippen LogP contribution in [0.1, 0.15) is 6.92 Å². The number of benzene rings is 1. The molecular weight excluding hydrogens is 272 g/mol. The summed E-state index contributed by atoms with van der Waals surface area (Å²) in [7, 11) is 0. The molecule has 2 heterocycles. The van der Waals surface area contributed by atoms with Gasteiger partial charge in [0.25, 0.3) is 5.56 Å². The lowest BCUT2D eigenvalue weighted by Crippen LogP contribution is -2.22. The van der Waals surface area contributed by atoms with Gasteiger partial charge in [-0.3, -0.25) is 9.36 Å². The fourth-order valence-corrected chi connectivity index (χ4v) is 2.98. The standard InChI is InChI=1S/C14H12N4OS/c1-2-18-13(19)12-11(17-14(18)20-8-7-15)9-5-3-4-6-10(9)16-12/h3-6,16H,2,8H2,1H3. The van der Waals surface area contributed by atoms with Crippen LogP contribution >= 0.6 is 11.8 Å². The van der Waals surface area contributed by atoms with Gasteiger partial charge in [-0.25, -0.2) is 4.98 Å². The first-order valence-corrected chi connectivity index (χ1v) is 7.25. The topological polar surface area (TPSA) is 74.5 Å². The first-order valence-electron chi connectivity index (χ1n) is 6.27. The Morgan fingerprint density at radius 1 is 1.45 bits per heavy atom. The molecule has 20 heavy (non-hydrogen) atoms. The van der Waals surface area contributed by atoms with Gasteiger partial charge in [-0.05, 0) is 13.0 Å². The number of aromatic amines is 1. The van der Waals surface area contributed by atoms with Crippen LogP contribution < -0.4 is 5.56 Å². The molecule has 0 bridgehead atoms. The van der Waals surface area contributed by atoms with Crippen LogP contribution in [0.2, 0.25) is 0 Å². The largest absolute Gasteiger partial charge is 0.349 e. The first-order chi connectivity index (χ1) is 9.76. The predicted octanol–water partition coefficient (Wildman–Crippen LogP) is 2.51. The number of H-pyrrole nitrogens is 1. The molecule has 5 nitrogen and oxygen atoms in total. The number of fused-ring (bicyclic) bond motifs is 3. The Bertz CT molecular complexity index is 888. The van der Waals surface area contributed by atoms with Crippen LogP contribution in [0.4, 0.5) is 0 Å². The molecule has 0 aliphatic carbocycles. The van der Waals surface area contributed by atoms with E-state index in [9.17, 15) is 4.79 Å². The molecule has 1 N–H and O–H groups in total. The van der Waals surface area contributed by atoms with E-state index in [-0.39, 0.29) is 11.3 Å². The van der Waals surface area contributed by atoms with E-state index in [2.05, 4.69) is 16.0 Å². The number of para-hydroxylation sites is 1. The Balaban J connectivity index is 2.37. The normalized spacial score (nSPS) is 11.0. The van der Waals surface area contributed by atoms with Crippen molar-refractivity contribution in [2.24, 2.45) is 0 Å². The van der Waals surface area contributed by atoms with Gasteiger partial charge in [-0.15, -0.1) is 0 Å². The quantitative estimate of drug-likeness (QED) is 0.592. The molecule has 0 spiro atoms. The molecule has 0 saturated heterocycles. The molecule has 0 radical (unpaired) electrons. The minimum absolute atomic E-state index is 0.0888. The van der Waals surface area contributed by atoms with Crippen molar-refractivity contribution in [2.75, 3.05) is 5.75 Å². The molecule has 0 unspecified atom stereocenters. The first kappa shape index (κ1) is 12.8. The number of thioether (sulfide) groups is 1. The third-order valence-electron chi connectivity index (χ3n) is 3.16. The van der Waals surface area contributed by atoms with Gasteiger partial charge < -0.3 is 4.98 Å². The Kier molecular flexibility index (Phi) is 3.20. The fourth-order valence-electron chi connectivity index (χ4n) is 2.26.